The number of alkyl carbamates (subject to hydrolysis) is 1. The lowest BCUT2D eigenvalue weighted by atomic mass is 10.1. The summed E-state index contributed by atoms with van der Waals surface area (Å²) in [7, 11) is 1.12. The molecule has 108 valence electrons. The van der Waals surface area contributed by atoms with Gasteiger partial charge in [-0.25, -0.2) is 4.79 Å². The Balaban J connectivity index is 2.47. The molecule has 0 saturated heterocycles. The summed E-state index contributed by atoms with van der Waals surface area (Å²) in [6.45, 7) is 1.34. The summed E-state index contributed by atoms with van der Waals surface area (Å²) in [5, 5.41) is 11.0. The largest absolute Gasteiger partial charge is 0.508 e. The maximum atomic E-state index is 11.6. The second-order valence-corrected chi connectivity index (χ2v) is 3.96. The number of imide groups is 1. The lowest BCUT2D eigenvalue weighted by molar-refractivity contribution is -0.153. The fourth-order valence-electron chi connectivity index (χ4n) is 1.33. The number of phenolic OH excluding ortho intramolecular Hbond substituents is 1. The maximum absolute atomic E-state index is 11.6. The Hall–Kier alpha value is -2.57. The number of benzene rings is 1. The van der Waals surface area contributed by atoms with Crippen molar-refractivity contribution >= 4 is 18.0 Å². The Labute approximate surface area is 115 Å². The van der Waals surface area contributed by atoms with Gasteiger partial charge in [0.1, 0.15) is 5.75 Å². The summed E-state index contributed by atoms with van der Waals surface area (Å²) in [6, 6.07) is 6.01. The van der Waals surface area contributed by atoms with Crippen LogP contribution in [-0.4, -0.2) is 36.3 Å². The van der Waals surface area contributed by atoms with Crippen molar-refractivity contribution in [3.8, 4) is 5.75 Å². The number of nitrogens with one attached hydrogen (secondary N) is 1. The van der Waals surface area contributed by atoms with E-state index in [1.54, 1.807) is 12.1 Å². The molecule has 7 heteroatoms. The first kappa shape index (κ1) is 15.5. The van der Waals surface area contributed by atoms with Crippen LogP contribution in [0.4, 0.5) is 4.79 Å². The van der Waals surface area contributed by atoms with Gasteiger partial charge in [-0.15, -0.1) is 0 Å². The lowest BCUT2D eigenvalue weighted by Gasteiger charge is -2.12. The van der Waals surface area contributed by atoms with E-state index in [1.165, 1.54) is 19.1 Å². The van der Waals surface area contributed by atoms with Crippen molar-refractivity contribution in [2.24, 2.45) is 0 Å². The van der Waals surface area contributed by atoms with E-state index in [4.69, 9.17) is 9.84 Å². The van der Waals surface area contributed by atoms with Crippen LogP contribution in [0.2, 0.25) is 0 Å². The Morgan fingerprint density at radius 3 is 2.40 bits per heavy atom. The van der Waals surface area contributed by atoms with Gasteiger partial charge in [0.15, 0.2) is 6.10 Å². The van der Waals surface area contributed by atoms with Crippen molar-refractivity contribution in [1.29, 1.82) is 0 Å². The first-order valence-electron chi connectivity index (χ1n) is 5.78. The Bertz CT molecular complexity index is 496. The van der Waals surface area contributed by atoms with Crippen LogP contribution in [0.3, 0.4) is 0 Å². The minimum Gasteiger partial charge on any atom is -0.508 e. The minimum atomic E-state index is -1.11. The number of hydrogen-bond donors (Lipinski definition) is 2. The average molecular weight is 281 g/mol. The molecule has 0 aliphatic carbocycles. The molecule has 0 bridgehead atoms. The molecule has 0 spiro atoms. The number of hydrogen-bond acceptors (Lipinski definition) is 6. The van der Waals surface area contributed by atoms with Crippen LogP contribution in [0.5, 0.6) is 5.75 Å². The van der Waals surface area contributed by atoms with Crippen LogP contribution >= 0.6 is 0 Å². The van der Waals surface area contributed by atoms with E-state index >= 15 is 0 Å². The number of carbonyl (C=O) groups excluding carboxylic acids is 3. The molecule has 0 aliphatic heterocycles. The zero-order valence-electron chi connectivity index (χ0n) is 11.1. The van der Waals surface area contributed by atoms with E-state index in [2.05, 4.69) is 4.74 Å². The van der Waals surface area contributed by atoms with Crippen LogP contribution in [0.15, 0.2) is 24.3 Å². The molecule has 0 radical (unpaired) electrons. The zero-order chi connectivity index (χ0) is 15.1. The van der Waals surface area contributed by atoms with Crippen LogP contribution in [0.1, 0.15) is 12.5 Å². The van der Waals surface area contributed by atoms with E-state index in [0.717, 1.165) is 7.11 Å². The van der Waals surface area contributed by atoms with Crippen molar-refractivity contribution in [3.05, 3.63) is 29.8 Å². The first-order valence-corrected chi connectivity index (χ1v) is 5.78. The van der Waals surface area contributed by atoms with Gasteiger partial charge < -0.3 is 14.6 Å². The molecular weight excluding hydrogens is 266 g/mol. The third-order valence-electron chi connectivity index (χ3n) is 2.37. The number of esters is 1. The average Bonchev–Trinajstić information content (AvgIpc) is 2.41. The molecule has 20 heavy (non-hydrogen) atoms. The van der Waals surface area contributed by atoms with E-state index in [0.29, 0.717) is 5.56 Å². The molecule has 0 heterocycles. The number of rotatable bonds is 4. The van der Waals surface area contributed by atoms with Gasteiger partial charge in [0.2, 0.25) is 0 Å². The number of ether oxygens (including phenoxy) is 2. The number of phenols is 1. The number of methoxy groups -OCH3 is 1. The van der Waals surface area contributed by atoms with E-state index in [-0.39, 0.29) is 12.2 Å². The quantitative estimate of drug-likeness (QED) is 0.789. The molecule has 0 aliphatic rings. The fraction of sp³-hybridized carbons (Fsp3) is 0.308. The standard InChI is InChI=1S/C13H15NO6/c1-8(12(17)14-13(18)19-2)20-11(16)7-9-3-5-10(15)6-4-9/h3-6,8,15H,7H2,1-2H3,(H,14,17,18)/t8-/m1/s1. The summed E-state index contributed by atoms with van der Waals surface area (Å²) in [4.78, 5) is 33.8. The maximum Gasteiger partial charge on any atom is 0.413 e. The molecule has 2 N–H and O–H groups in total. The first-order chi connectivity index (χ1) is 9.42. The molecule has 7 nitrogen and oxygen atoms in total. The predicted molar refractivity (Wildman–Crippen MR) is 67.9 cm³/mol. The van der Waals surface area contributed by atoms with Crippen molar-refractivity contribution in [2.45, 2.75) is 19.4 Å². The summed E-state index contributed by atoms with van der Waals surface area (Å²) in [5.74, 6) is -1.30. The summed E-state index contributed by atoms with van der Waals surface area (Å²) >= 11 is 0. The lowest BCUT2D eigenvalue weighted by Crippen LogP contribution is -2.39. The van der Waals surface area contributed by atoms with E-state index in [1.807, 2.05) is 5.32 Å². The Morgan fingerprint density at radius 2 is 1.85 bits per heavy atom. The second-order valence-electron chi connectivity index (χ2n) is 3.96. The molecule has 1 aromatic rings. The predicted octanol–water partition coefficient (Wildman–Crippen LogP) is 0.749. The topological polar surface area (TPSA) is 102 Å². The smallest absolute Gasteiger partial charge is 0.413 e. The highest BCUT2D eigenvalue weighted by atomic mass is 16.6. The van der Waals surface area contributed by atoms with Crippen LogP contribution in [0, 0.1) is 0 Å². The highest BCUT2D eigenvalue weighted by molar-refractivity contribution is 5.95. The van der Waals surface area contributed by atoms with Gasteiger partial charge >= 0.3 is 12.1 Å². The summed E-state index contributed by atoms with van der Waals surface area (Å²) in [6.07, 6.45) is -2.08. The zero-order valence-corrected chi connectivity index (χ0v) is 11.1. The summed E-state index contributed by atoms with van der Waals surface area (Å²) < 4.78 is 9.12. The van der Waals surface area contributed by atoms with E-state index in [9.17, 15) is 14.4 Å². The molecule has 1 rings (SSSR count). The Kier molecular flexibility index (Phi) is 5.52. The molecule has 0 aromatic heterocycles. The van der Waals surface area contributed by atoms with Gasteiger partial charge in [0, 0.05) is 0 Å². The molecule has 0 fully saturated rings. The van der Waals surface area contributed by atoms with Gasteiger partial charge in [-0.1, -0.05) is 12.1 Å². The third-order valence-corrected chi connectivity index (χ3v) is 2.37. The molecule has 1 atom stereocenters. The Morgan fingerprint density at radius 1 is 1.25 bits per heavy atom. The molecule has 1 aromatic carbocycles. The monoisotopic (exact) mass is 281 g/mol. The SMILES string of the molecule is COC(=O)NC(=O)[C@@H](C)OC(=O)Cc1ccc(O)cc1. The second kappa shape index (κ2) is 7.13. The van der Waals surface area contributed by atoms with Gasteiger partial charge in [0.25, 0.3) is 5.91 Å². The van der Waals surface area contributed by atoms with Gasteiger partial charge in [-0.3, -0.25) is 14.9 Å². The summed E-state index contributed by atoms with van der Waals surface area (Å²) in [5.41, 5.74) is 0.633. The molecule has 0 saturated carbocycles. The number of amides is 2. The van der Waals surface area contributed by atoms with Gasteiger partial charge in [-0.2, -0.15) is 0 Å². The molecule has 0 unspecified atom stereocenters. The normalized spacial score (nSPS) is 11.3. The number of carbonyl (C=O) groups is 3. The minimum absolute atomic E-state index is 0.0455. The van der Waals surface area contributed by atoms with Crippen molar-refractivity contribution < 1.29 is 29.0 Å². The molecule has 2 amide bonds. The van der Waals surface area contributed by atoms with Gasteiger partial charge in [0.05, 0.1) is 13.5 Å². The highest BCUT2D eigenvalue weighted by Gasteiger charge is 2.20. The van der Waals surface area contributed by atoms with Gasteiger partial charge in [-0.05, 0) is 24.6 Å². The van der Waals surface area contributed by atoms with Crippen LogP contribution < -0.4 is 5.32 Å². The third kappa shape index (κ3) is 4.97. The number of aromatic hydroxyl groups is 1. The van der Waals surface area contributed by atoms with Crippen molar-refractivity contribution in [1.82, 2.24) is 5.32 Å². The van der Waals surface area contributed by atoms with Crippen molar-refractivity contribution in [2.75, 3.05) is 7.11 Å². The van der Waals surface area contributed by atoms with E-state index < -0.39 is 24.1 Å². The van der Waals surface area contributed by atoms with Crippen molar-refractivity contribution in [3.63, 3.8) is 0 Å². The van der Waals surface area contributed by atoms with Crippen LogP contribution in [-0.2, 0) is 25.5 Å². The fourth-order valence-corrected chi connectivity index (χ4v) is 1.33. The highest BCUT2D eigenvalue weighted by Crippen LogP contribution is 2.10. The molecular formula is C13H15NO6. The van der Waals surface area contributed by atoms with Crippen LogP contribution in [0.25, 0.3) is 0 Å².